The molecule has 1 aliphatic heterocycles. The first-order valence-corrected chi connectivity index (χ1v) is 10.4. The number of piperidine rings is 1. The first-order chi connectivity index (χ1) is 14.2. The van der Waals surface area contributed by atoms with Crippen molar-refractivity contribution < 1.29 is 9.53 Å². The van der Waals surface area contributed by atoms with Crippen LogP contribution in [-0.4, -0.2) is 35.9 Å². The molecule has 1 heterocycles. The first kappa shape index (κ1) is 19.7. The lowest BCUT2D eigenvalue weighted by molar-refractivity contribution is -0.116. The Balaban J connectivity index is 1.40. The molecule has 29 heavy (non-hydrogen) atoms. The van der Waals surface area contributed by atoms with E-state index in [0.717, 1.165) is 55.8 Å². The van der Waals surface area contributed by atoms with Crippen molar-refractivity contribution in [2.75, 3.05) is 18.4 Å². The Morgan fingerprint density at radius 3 is 2.52 bits per heavy atom. The van der Waals surface area contributed by atoms with Gasteiger partial charge in [-0.2, -0.15) is 0 Å². The average molecular weight is 409 g/mol. The molecule has 1 aliphatic carbocycles. The van der Waals surface area contributed by atoms with E-state index in [9.17, 15) is 4.79 Å². The normalized spacial score (nSPS) is 22.4. The molecule has 1 atom stereocenters. The minimum atomic E-state index is -0.477. The van der Waals surface area contributed by atoms with Crippen LogP contribution in [-0.2, 0) is 4.79 Å². The second kappa shape index (κ2) is 8.85. The molecule has 2 aromatic rings. The van der Waals surface area contributed by atoms with E-state index in [-0.39, 0.29) is 0 Å². The number of para-hydroxylation sites is 2. The number of hydrogen-bond donors (Lipinski definition) is 1. The third kappa shape index (κ3) is 4.55. The van der Waals surface area contributed by atoms with Crippen molar-refractivity contribution in [3.8, 4) is 11.5 Å². The van der Waals surface area contributed by atoms with Gasteiger partial charge in [0.2, 0.25) is 0 Å². The van der Waals surface area contributed by atoms with E-state index < -0.39 is 5.54 Å². The van der Waals surface area contributed by atoms with Crippen LogP contribution < -0.4 is 10.1 Å². The minimum Gasteiger partial charge on any atom is -0.455 e. The topological polar surface area (TPSA) is 41.6 Å². The van der Waals surface area contributed by atoms with E-state index in [2.05, 4.69) is 16.3 Å². The highest BCUT2D eigenvalue weighted by molar-refractivity contribution is 6.30. The number of hydrogen-bond acceptors (Lipinski definition) is 4. The molecule has 1 N–H and O–H groups in total. The maximum absolute atomic E-state index is 11.8. The summed E-state index contributed by atoms with van der Waals surface area (Å²) in [5.74, 6) is 1.55. The smallest absolute Gasteiger partial charge is 0.150 e. The van der Waals surface area contributed by atoms with Gasteiger partial charge in [0.1, 0.15) is 12.0 Å². The van der Waals surface area contributed by atoms with Gasteiger partial charge >= 0.3 is 0 Å². The molecule has 150 valence electrons. The van der Waals surface area contributed by atoms with Gasteiger partial charge in [-0.25, -0.2) is 0 Å². The third-order valence-electron chi connectivity index (χ3n) is 5.65. The van der Waals surface area contributed by atoms with Crippen LogP contribution in [0.5, 0.6) is 11.5 Å². The van der Waals surface area contributed by atoms with Crippen LogP contribution in [0, 0.1) is 0 Å². The molecule has 0 bridgehead atoms. The number of benzene rings is 2. The zero-order chi connectivity index (χ0) is 20.1. The van der Waals surface area contributed by atoms with Crippen LogP contribution in [0.4, 0.5) is 5.69 Å². The SMILES string of the molecule is O=CC1(N2CCC(Nc3ccccc3Oc3ccc(Cl)cc3)CC2)C=CC=CC1. The van der Waals surface area contributed by atoms with Gasteiger partial charge < -0.3 is 14.8 Å². The minimum absolute atomic E-state index is 0.341. The van der Waals surface area contributed by atoms with Crippen LogP contribution in [0.15, 0.2) is 72.8 Å². The standard InChI is InChI=1S/C24H25ClN2O2/c25-19-8-10-21(11-9-19)29-23-7-3-2-6-22(23)26-20-12-16-27(17-13-20)24(18-28)14-4-1-5-15-24/h1-11,14,18,20,26H,12-13,15-17H2. The monoisotopic (exact) mass is 408 g/mol. The quantitative estimate of drug-likeness (QED) is 0.644. The maximum atomic E-state index is 11.8. The fourth-order valence-corrected chi connectivity index (χ4v) is 4.11. The summed E-state index contributed by atoms with van der Waals surface area (Å²) in [7, 11) is 0. The number of halogens is 1. The number of nitrogens with zero attached hydrogens (tertiary/aromatic N) is 1. The van der Waals surface area contributed by atoms with E-state index in [1.54, 1.807) is 0 Å². The fourth-order valence-electron chi connectivity index (χ4n) is 3.99. The number of aldehydes is 1. The molecule has 4 nitrogen and oxygen atoms in total. The van der Waals surface area contributed by atoms with Gasteiger partial charge in [-0.1, -0.05) is 48.0 Å². The Morgan fingerprint density at radius 1 is 1.07 bits per heavy atom. The Bertz CT molecular complexity index is 901. The number of nitrogens with one attached hydrogen (secondary N) is 1. The van der Waals surface area contributed by atoms with Gasteiger partial charge in [-0.05, 0) is 55.7 Å². The first-order valence-electron chi connectivity index (χ1n) is 10.0. The third-order valence-corrected chi connectivity index (χ3v) is 5.90. The van der Waals surface area contributed by atoms with Crippen LogP contribution in [0.25, 0.3) is 0 Å². The Hall–Kier alpha value is -2.56. The highest BCUT2D eigenvalue weighted by atomic mass is 35.5. The summed E-state index contributed by atoms with van der Waals surface area (Å²) in [5, 5.41) is 4.32. The molecule has 0 amide bonds. The van der Waals surface area contributed by atoms with E-state index in [4.69, 9.17) is 16.3 Å². The van der Waals surface area contributed by atoms with E-state index in [1.165, 1.54) is 0 Å². The fraction of sp³-hybridized carbons (Fsp3) is 0.292. The van der Waals surface area contributed by atoms with Crippen LogP contribution in [0.1, 0.15) is 19.3 Å². The van der Waals surface area contributed by atoms with Crippen molar-refractivity contribution in [1.29, 1.82) is 0 Å². The summed E-state index contributed by atoms with van der Waals surface area (Å²) in [4.78, 5) is 14.1. The van der Waals surface area contributed by atoms with Gasteiger partial charge in [0.15, 0.2) is 5.75 Å². The molecular weight excluding hydrogens is 384 g/mol. The molecule has 0 radical (unpaired) electrons. The molecule has 2 aliphatic rings. The lowest BCUT2D eigenvalue weighted by atomic mass is 9.88. The lowest BCUT2D eigenvalue weighted by Gasteiger charge is -2.43. The maximum Gasteiger partial charge on any atom is 0.150 e. The van der Waals surface area contributed by atoms with Gasteiger partial charge in [0, 0.05) is 24.2 Å². The summed E-state index contributed by atoms with van der Waals surface area (Å²) in [6.07, 6.45) is 11.9. The van der Waals surface area contributed by atoms with E-state index >= 15 is 0 Å². The number of carbonyl (C=O) groups excluding carboxylic acids is 1. The average Bonchev–Trinajstić information content (AvgIpc) is 2.77. The van der Waals surface area contributed by atoms with Crippen molar-refractivity contribution in [2.45, 2.75) is 30.8 Å². The summed E-state index contributed by atoms with van der Waals surface area (Å²) in [6.45, 7) is 1.77. The second-order valence-electron chi connectivity index (χ2n) is 7.56. The Kier molecular flexibility index (Phi) is 6.02. The summed E-state index contributed by atoms with van der Waals surface area (Å²) >= 11 is 5.96. The Labute approximate surface area is 176 Å². The van der Waals surface area contributed by atoms with Gasteiger partial charge in [-0.3, -0.25) is 4.90 Å². The number of likely N-dealkylation sites (tertiary alicyclic amines) is 1. The number of carbonyl (C=O) groups is 1. The summed E-state index contributed by atoms with van der Waals surface area (Å²) in [6, 6.07) is 15.7. The molecule has 2 aromatic carbocycles. The second-order valence-corrected chi connectivity index (χ2v) is 7.99. The molecule has 0 spiro atoms. The summed E-state index contributed by atoms with van der Waals surface area (Å²) < 4.78 is 6.06. The summed E-state index contributed by atoms with van der Waals surface area (Å²) in [5.41, 5.74) is 0.501. The van der Waals surface area contributed by atoms with E-state index in [1.807, 2.05) is 66.8 Å². The van der Waals surface area contributed by atoms with Crippen molar-refractivity contribution in [1.82, 2.24) is 4.90 Å². The number of rotatable bonds is 6. The molecule has 5 heteroatoms. The van der Waals surface area contributed by atoms with Crippen molar-refractivity contribution in [3.63, 3.8) is 0 Å². The zero-order valence-electron chi connectivity index (χ0n) is 16.3. The molecular formula is C24H25ClN2O2. The highest BCUT2D eigenvalue weighted by Crippen LogP contribution is 2.33. The molecule has 1 saturated heterocycles. The number of ether oxygens (including phenoxy) is 1. The van der Waals surface area contributed by atoms with Gasteiger partial charge in [0.05, 0.1) is 11.2 Å². The molecule has 4 rings (SSSR count). The van der Waals surface area contributed by atoms with Crippen LogP contribution >= 0.6 is 11.6 Å². The van der Waals surface area contributed by atoms with Crippen molar-refractivity contribution in [3.05, 3.63) is 77.9 Å². The highest BCUT2D eigenvalue weighted by Gasteiger charge is 2.36. The van der Waals surface area contributed by atoms with E-state index in [0.29, 0.717) is 11.1 Å². The van der Waals surface area contributed by atoms with Crippen LogP contribution in [0.3, 0.4) is 0 Å². The lowest BCUT2D eigenvalue weighted by Crippen LogP contribution is -2.53. The Morgan fingerprint density at radius 2 is 1.83 bits per heavy atom. The zero-order valence-corrected chi connectivity index (χ0v) is 17.0. The van der Waals surface area contributed by atoms with Crippen molar-refractivity contribution >= 4 is 23.6 Å². The molecule has 0 saturated carbocycles. The predicted octanol–water partition coefficient (Wildman–Crippen LogP) is 5.46. The van der Waals surface area contributed by atoms with Gasteiger partial charge in [0.25, 0.3) is 0 Å². The molecule has 1 fully saturated rings. The van der Waals surface area contributed by atoms with Crippen LogP contribution in [0.2, 0.25) is 5.02 Å². The van der Waals surface area contributed by atoms with Crippen molar-refractivity contribution in [2.24, 2.45) is 0 Å². The molecule has 0 aromatic heterocycles. The number of allylic oxidation sites excluding steroid dienone is 2. The molecule has 1 unspecified atom stereocenters. The number of anilines is 1. The predicted molar refractivity (Wildman–Crippen MR) is 118 cm³/mol. The van der Waals surface area contributed by atoms with Gasteiger partial charge in [-0.15, -0.1) is 0 Å². The largest absolute Gasteiger partial charge is 0.455 e.